The Bertz CT molecular complexity index is 632. The zero-order chi connectivity index (χ0) is 19.3. The quantitative estimate of drug-likeness (QED) is 0.887. The molecular formula is C19H28N2O5. The third-order valence-corrected chi connectivity index (χ3v) is 4.06. The Kier molecular flexibility index (Phi) is 6.34. The molecule has 0 bridgehead atoms. The lowest BCUT2D eigenvalue weighted by atomic mass is 9.97. The molecule has 1 fully saturated rings. The van der Waals surface area contributed by atoms with E-state index in [0.717, 1.165) is 12.8 Å². The number of carbonyl (C=O) groups is 2. The van der Waals surface area contributed by atoms with Crippen LogP contribution < -0.4 is 14.8 Å². The smallest absolute Gasteiger partial charge is 0.410 e. The molecule has 7 heteroatoms. The minimum atomic E-state index is -0.552. The molecule has 2 rings (SSSR count). The van der Waals surface area contributed by atoms with Crippen LogP contribution in [0.25, 0.3) is 0 Å². The Labute approximate surface area is 154 Å². The van der Waals surface area contributed by atoms with E-state index in [1.165, 1.54) is 0 Å². The van der Waals surface area contributed by atoms with E-state index < -0.39 is 5.60 Å². The first-order valence-corrected chi connectivity index (χ1v) is 8.73. The molecule has 0 aromatic heterocycles. The van der Waals surface area contributed by atoms with Crippen LogP contribution in [0.15, 0.2) is 18.2 Å². The molecule has 144 valence electrons. The summed E-state index contributed by atoms with van der Waals surface area (Å²) in [5.41, 5.74) is 0.0456. The van der Waals surface area contributed by atoms with Gasteiger partial charge in [0.15, 0.2) is 0 Å². The van der Waals surface area contributed by atoms with Crippen molar-refractivity contribution >= 4 is 17.7 Å². The topological polar surface area (TPSA) is 77.1 Å². The standard InChI is InChI=1S/C19H28N2O5/c1-19(2,3)26-18(23)21-8-6-7-13(12-21)17(22)20-14-9-15(24-4)11-16(10-14)25-5/h9-11,13H,6-8,12H2,1-5H3,(H,20,22). The van der Waals surface area contributed by atoms with Crippen molar-refractivity contribution in [2.75, 3.05) is 32.6 Å². The second-order valence-electron chi connectivity index (χ2n) is 7.36. The van der Waals surface area contributed by atoms with Crippen molar-refractivity contribution in [2.45, 2.75) is 39.2 Å². The van der Waals surface area contributed by atoms with Crippen LogP contribution in [0.4, 0.5) is 10.5 Å². The number of anilines is 1. The highest BCUT2D eigenvalue weighted by atomic mass is 16.6. The molecule has 1 aromatic carbocycles. The van der Waals surface area contributed by atoms with E-state index >= 15 is 0 Å². The van der Waals surface area contributed by atoms with Crippen LogP contribution in [0.1, 0.15) is 33.6 Å². The highest BCUT2D eigenvalue weighted by Gasteiger charge is 2.31. The molecule has 0 saturated carbocycles. The van der Waals surface area contributed by atoms with Crippen LogP contribution in [0.2, 0.25) is 0 Å². The summed E-state index contributed by atoms with van der Waals surface area (Å²) >= 11 is 0. The number of hydrogen-bond acceptors (Lipinski definition) is 5. The van der Waals surface area contributed by atoms with E-state index in [1.54, 1.807) is 37.3 Å². The van der Waals surface area contributed by atoms with Crippen LogP contribution in [0, 0.1) is 5.92 Å². The van der Waals surface area contributed by atoms with Crippen LogP contribution >= 0.6 is 0 Å². The van der Waals surface area contributed by atoms with Gasteiger partial charge < -0.3 is 24.4 Å². The molecule has 1 aliphatic heterocycles. The number of likely N-dealkylation sites (tertiary alicyclic amines) is 1. The molecular weight excluding hydrogens is 336 g/mol. The second kappa shape index (κ2) is 8.29. The van der Waals surface area contributed by atoms with E-state index in [2.05, 4.69) is 5.32 Å². The maximum absolute atomic E-state index is 12.6. The molecule has 7 nitrogen and oxygen atoms in total. The molecule has 1 aromatic rings. The fourth-order valence-corrected chi connectivity index (χ4v) is 2.81. The number of nitrogens with one attached hydrogen (secondary N) is 1. The van der Waals surface area contributed by atoms with Crippen LogP contribution in [0.5, 0.6) is 11.5 Å². The van der Waals surface area contributed by atoms with Crippen molar-refractivity contribution < 1.29 is 23.8 Å². The number of benzene rings is 1. The number of carbonyl (C=O) groups excluding carboxylic acids is 2. The predicted octanol–water partition coefficient (Wildman–Crippen LogP) is 3.29. The summed E-state index contributed by atoms with van der Waals surface area (Å²) in [4.78, 5) is 26.5. The lowest BCUT2D eigenvalue weighted by molar-refractivity contribution is -0.121. The summed E-state index contributed by atoms with van der Waals surface area (Å²) in [5.74, 6) is 0.777. The number of rotatable bonds is 4. The molecule has 0 radical (unpaired) electrons. The first-order valence-electron chi connectivity index (χ1n) is 8.73. The summed E-state index contributed by atoms with van der Waals surface area (Å²) < 4.78 is 15.8. The highest BCUT2D eigenvalue weighted by molar-refractivity contribution is 5.93. The number of ether oxygens (including phenoxy) is 3. The Morgan fingerprint density at radius 1 is 1.12 bits per heavy atom. The van der Waals surface area contributed by atoms with Gasteiger partial charge in [0, 0.05) is 37.0 Å². The molecule has 1 N–H and O–H groups in total. The van der Waals surface area contributed by atoms with Gasteiger partial charge in [-0.15, -0.1) is 0 Å². The van der Waals surface area contributed by atoms with Crippen molar-refractivity contribution in [3.8, 4) is 11.5 Å². The van der Waals surface area contributed by atoms with E-state index in [0.29, 0.717) is 30.3 Å². The number of amides is 2. The summed E-state index contributed by atoms with van der Waals surface area (Å²) in [6, 6.07) is 5.20. The number of methoxy groups -OCH3 is 2. The number of piperidine rings is 1. The first-order chi connectivity index (χ1) is 12.2. The average Bonchev–Trinajstić information content (AvgIpc) is 2.60. The van der Waals surface area contributed by atoms with Gasteiger partial charge in [0.25, 0.3) is 0 Å². The van der Waals surface area contributed by atoms with Gasteiger partial charge in [-0.2, -0.15) is 0 Å². The summed E-state index contributed by atoms with van der Waals surface area (Å²) in [5, 5.41) is 2.89. The van der Waals surface area contributed by atoms with Gasteiger partial charge in [-0.05, 0) is 33.6 Å². The summed E-state index contributed by atoms with van der Waals surface area (Å²) in [6.45, 7) is 6.44. The molecule has 26 heavy (non-hydrogen) atoms. The monoisotopic (exact) mass is 364 g/mol. The Balaban J connectivity index is 2.02. The van der Waals surface area contributed by atoms with Crippen molar-refractivity contribution in [1.82, 2.24) is 4.90 Å². The lowest BCUT2D eigenvalue weighted by Crippen LogP contribution is -2.45. The van der Waals surface area contributed by atoms with Crippen molar-refractivity contribution in [3.05, 3.63) is 18.2 Å². The second-order valence-corrected chi connectivity index (χ2v) is 7.36. The molecule has 1 heterocycles. The fourth-order valence-electron chi connectivity index (χ4n) is 2.81. The fraction of sp³-hybridized carbons (Fsp3) is 0.579. The van der Waals surface area contributed by atoms with Gasteiger partial charge in [-0.1, -0.05) is 0 Å². The molecule has 2 amide bonds. The number of hydrogen-bond donors (Lipinski definition) is 1. The van der Waals surface area contributed by atoms with Crippen molar-refractivity contribution in [3.63, 3.8) is 0 Å². The molecule has 1 atom stereocenters. The molecule has 0 aliphatic carbocycles. The van der Waals surface area contributed by atoms with E-state index in [9.17, 15) is 9.59 Å². The largest absolute Gasteiger partial charge is 0.497 e. The number of nitrogens with zero attached hydrogens (tertiary/aromatic N) is 1. The maximum Gasteiger partial charge on any atom is 0.410 e. The zero-order valence-corrected chi connectivity index (χ0v) is 16.1. The maximum atomic E-state index is 12.6. The van der Waals surface area contributed by atoms with Crippen LogP contribution in [-0.4, -0.2) is 49.8 Å². The lowest BCUT2D eigenvalue weighted by Gasteiger charge is -2.33. The van der Waals surface area contributed by atoms with E-state index in [1.807, 2.05) is 20.8 Å². The summed E-state index contributed by atoms with van der Waals surface area (Å²) in [7, 11) is 3.11. The van der Waals surface area contributed by atoms with Crippen molar-refractivity contribution in [1.29, 1.82) is 0 Å². The predicted molar refractivity (Wildman–Crippen MR) is 98.7 cm³/mol. The van der Waals surface area contributed by atoms with Crippen LogP contribution in [0.3, 0.4) is 0 Å². The van der Waals surface area contributed by atoms with Gasteiger partial charge >= 0.3 is 6.09 Å². The van der Waals surface area contributed by atoms with E-state index in [4.69, 9.17) is 14.2 Å². The normalized spacial score (nSPS) is 17.4. The minimum absolute atomic E-state index is 0.131. The molecule has 1 saturated heterocycles. The molecule has 1 unspecified atom stereocenters. The Hall–Kier alpha value is -2.44. The third kappa shape index (κ3) is 5.54. The SMILES string of the molecule is COc1cc(NC(=O)C2CCCN(C(=O)OC(C)(C)C)C2)cc(OC)c1. The Morgan fingerprint density at radius 3 is 2.27 bits per heavy atom. The van der Waals surface area contributed by atoms with Crippen LogP contribution in [-0.2, 0) is 9.53 Å². The summed E-state index contributed by atoms with van der Waals surface area (Å²) in [6.07, 6.45) is 1.11. The Morgan fingerprint density at radius 2 is 1.73 bits per heavy atom. The minimum Gasteiger partial charge on any atom is -0.497 e. The van der Waals surface area contributed by atoms with Crippen molar-refractivity contribution in [2.24, 2.45) is 5.92 Å². The van der Waals surface area contributed by atoms with E-state index in [-0.39, 0.29) is 17.9 Å². The van der Waals surface area contributed by atoms with Gasteiger partial charge in [-0.25, -0.2) is 4.79 Å². The highest BCUT2D eigenvalue weighted by Crippen LogP contribution is 2.27. The molecule has 1 aliphatic rings. The average molecular weight is 364 g/mol. The van der Waals surface area contributed by atoms with Gasteiger partial charge in [0.1, 0.15) is 17.1 Å². The first kappa shape index (κ1) is 19.9. The zero-order valence-electron chi connectivity index (χ0n) is 16.1. The molecule has 0 spiro atoms. The van der Waals surface area contributed by atoms with Gasteiger partial charge in [0.2, 0.25) is 5.91 Å². The van der Waals surface area contributed by atoms with Gasteiger partial charge in [-0.3, -0.25) is 4.79 Å². The van der Waals surface area contributed by atoms with Gasteiger partial charge in [0.05, 0.1) is 20.1 Å². The third-order valence-electron chi connectivity index (χ3n) is 4.06.